The number of anilines is 2. The molecule has 0 aliphatic rings. The molecule has 0 fully saturated rings. The van der Waals surface area contributed by atoms with Crippen molar-refractivity contribution in [2.45, 2.75) is 6.92 Å². The molecule has 0 aliphatic carbocycles. The third kappa shape index (κ3) is 4.80. The van der Waals surface area contributed by atoms with Gasteiger partial charge >= 0.3 is 0 Å². The number of pyridine rings is 1. The van der Waals surface area contributed by atoms with Crippen LogP contribution in [0.3, 0.4) is 0 Å². The fraction of sp³-hybridized carbons (Fsp3) is 0.182. The van der Waals surface area contributed by atoms with Crippen LogP contribution in [0.2, 0.25) is 5.02 Å². The van der Waals surface area contributed by atoms with Gasteiger partial charge in [0.25, 0.3) is 5.56 Å². The predicted molar refractivity (Wildman–Crippen MR) is 128 cm³/mol. The van der Waals surface area contributed by atoms with Gasteiger partial charge in [-0.3, -0.25) is 9.79 Å². The van der Waals surface area contributed by atoms with Gasteiger partial charge in [0.2, 0.25) is 0 Å². The third-order valence-electron chi connectivity index (χ3n) is 4.36. The number of hydrogen-bond acceptors (Lipinski definition) is 6. The van der Waals surface area contributed by atoms with Crippen molar-refractivity contribution in [3.63, 3.8) is 0 Å². The quantitative estimate of drug-likeness (QED) is 0.387. The van der Waals surface area contributed by atoms with E-state index in [1.807, 2.05) is 18.2 Å². The number of aryl methyl sites for hydroxylation is 1. The van der Waals surface area contributed by atoms with Crippen LogP contribution in [0.4, 0.5) is 11.4 Å². The largest absolute Gasteiger partial charge is 0.457 e. The van der Waals surface area contributed by atoms with E-state index in [2.05, 4.69) is 16.6 Å². The Hall–Kier alpha value is -2.90. The summed E-state index contributed by atoms with van der Waals surface area (Å²) < 4.78 is 10.9. The second-order valence-corrected chi connectivity index (χ2v) is 7.98. The first kappa shape index (κ1) is 21.8. The lowest BCUT2D eigenvalue weighted by molar-refractivity contribution is 0.484. The van der Waals surface area contributed by atoms with Gasteiger partial charge in [-0.25, -0.2) is 0 Å². The van der Waals surface area contributed by atoms with Crippen LogP contribution in [0.1, 0.15) is 12.5 Å². The summed E-state index contributed by atoms with van der Waals surface area (Å²) in [5.41, 5.74) is 9.22. The van der Waals surface area contributed by atoms with Crippen LogP contribution in [0.25, 0.3) is 11.1 Å². The zero-order valence-electron chi connectivity index (χ0n) is 17.0. The van der Waals surface area contributed by atoms with E-state index in [0.29, 0.717) is 33.3 Å². The number of nitrogens with zero attached hydrogens (tertiary/aromatic N) is 2. The second kappa shape index (κ2) is 9.73. The Morgan fingerprint density at radius 2 is 1.97 bits per heavy atom. The highest BCUT2D eigenvalue weighted by Gasteiger charge is 2.17. The number of nitrogens with two attached hydrogens (primary N) is 1. The monoisotopic (exact) mass is 442 g/mol. The molecular formula is C22H23ClN4O2S. The van der Waals surface area contributed by atoms with E-state index in [4.69, 9.17) is 22.1 Å². The molecular weight excluding hydrogens is 420 g/mol. The number of nitrogen functional groups attached to an aromatic ring is 1. The molecule has 3 rings (SSSR count). The summed E-state index contributed by atoms with van der Waals surface area (Å²) in [6.45, 7) is 2.07. The molecule has 0 bridgehead atoms. The van der Waals surface area contributed by atoms with Gasteiger partial charge in [-0.1, -0.05) is 30.5 Å². The smallest absolute Gasteiger partial charge is 0.261 e. The van der Waals surface area contributed by atoms with E-state index in [-0.39, 0.29) is 5.56 Å². The van der Waals surface area contributed by atoms with Crippen LogP contribution >= 0.6 is 23.5 Å². The molecule has 3 N–H and O–H groups in total. The van der Waals surface area contributed by atoms with Gasteiger partial charge in [0, 0.05) is 54.1 Å². The van der Waals surface area contributed by atoms with Crippen LogP contribution in [0, 0.1) is 0 Å². The number of benzene rings is 2. The molecule has 6 nitrogen and oxygen atoms in total. The lowest BCUT2D eigenvalue weighted by Gasteiger charge is -2.17. The molecule has 0 unspecified atom stereocenters. The van der Waals surface area contributed by atoms with Crippen molar-refractivity contribution in [1.29, 1.82) is 0 Å². The van der Waals surface area contributed by atoms with Crippen LogP contribution in [-0.2, 0) is 7.05 Å². The lowest BCUT2D eigenvalue weighted by atomic mass is 10.0. The van der Waals surface area contributed by atoms with Crippen LogP contribution in [0.15, 0.2) is 58.4 Å². The fourth-order valence-corrected chi connectivity index (χ4v) is 3.48. The predicted octanol–water partition coefficient (Wildman–Crippen LogP) is 5.21. The standard InChI is InChI=1S/C22H23ClN4O2S/c1-4-30-26-15-7-10-20(29-16-8-5-14(23)6-9-16)17(11-15)19-13-27(3)22(28)18(12-25-2)21(19)24/h5-13,26H,4,24H2,1-3H3. The van der Waals surface area contributed by atoms with Crippen LogP contribution in [-0.4, -0.2) is 23.6 Å². The molecule has 8 heteroatoms. The minimum absolute atomic E-state index is 0.210. The van der Waals surface area contributed by atoms with E-state index in [0.717, 1.165) is 17.0 Å². The van der Waals surface area contributed by atoms with Crippen molar-refractivity contribution >= 4 is 41.1 Å². The first-order chi connectivity index (χ1) is 14.4. The Kier molecular flexibility index (Phi) is 7.07. The van der Waals surface area contributed by atoms with E-state index in [1.54, 1.807) is 56.5 Å². The highest BCUT2D eigenvalue weighted by molar-refractivity contribution is 8.00. The molecule has 156 valence electrons. The molecule has 1 aromatic heterocycles. The number of ether oxygens (including phenoxy) is 1. The van der Waals surface area contributed by atoms with Crippen molar-refractivity contribution in [3.8, 4) is 22.6 Å². The van der Waals surface area contributed by atoms with Crippen molar-refractivity contribution in [3.05, 3.63) is 69.6 Å². The normalized spacial score (nSPS) is 11.1. The third-order valence-corrected chi connectivity index (χ3v) is 5.28. The maximum absolute atomic E-state index is 12.5. The van der Waals surface area contributed by atoms with Gasteiger partial charge in [-0.2, -0.15) is 0 Å². The number of nitrogens with one attached hydrogen (secondary N) is 1. The van der Waals surface area contributed by atoms with Gasteiger partial charge in [0.15, 0.2) is 0 Å². The van der Waals surface area contributed by atoms with E-state index in [9.17, 15) is 4.79 Å². The molecule has 0 amide bonds. The van der Waals surface area contributed by atoms with Crippen LogP contribution < -0.4 is 20.8 Å². The minimum Gasteiger partial charge on any atom is -0.457 e. The number of halogens is 1. The maximum Gasteiger partial charge on any atom is 0.261 e. The van der Waals surface area contributed by atoms with E-state index < -0.39 is 0 Å². The molecule has 1 heterocycles. The molecule has 0 radical (unpaired) electrons. The summed E-state index contributed by atoms with van der Waals surface area (Å²) in [4.78, 5) is 16.5. The summed E-state index contributed by atoms with van der Waals surface area (Å²) in [7, 11) is 3.29. The number of aliphatic imine (C=N–C) groups is 1. The van der Waals surface area contributed by atoms with Gasteiger partial charge in [-0.05, 0) is 42.5 Å². The molecule has 0 atom stereocenters. The second-order valence-electron chi connectivity index (χ2n) is 6.48. The van der Waals surface area contributed by atoms with Gasteiger partial charge in [0.1, 0.15) is 11.5 Å². The van der Waals surface area contributed by atoms with Crippen molar-refractivity contribution in [2.24, 2.45) is 12.0 Å². The number of hydrogen-bond donors (Lipinski definition) is 2. The summed E-state index contributed by atoms with van der Waals surface area (Å²) in [5, 5.41) is 0.629. The van der Waals surface area contributed by atoms with Crippen LogP contribution in [0.5, 0.6) is 11.5 Å². The molecule has 0 saturated heterocycles. The molecule has 0 saturated carbocycles. The lowest BCUT2D eigenvalue weighted by Crippen LogP contribution is -2.23. The summed E-state index contributed by atoms with van der Waals surface area (Å²) >= 11 is 7.57. The highest BCUT2D eigenvalue weighted by atomic mass is 35.5. The van der Waals surface area contributed by atoms with Gasteiger partial charge in [0.05, 0.1) is 11.3 Å². The SMILES string of the molecule is CCSNc1ccc(Oc2ccc(Cl)cc2)c(-c2cn(C)c(=O)c(C=NC)c2N)c1. The average molecular weight is 443 g/mol. The maximum atomic E-state index is 12.5. The topological polar surface area (TPSA) is 81.6 Å². The highest BCUT2D eigenvalue weighted by Crippen LogP contribution is 2.39. The fourth-order valence-electron chi connectivity index (χ4n) is 2.92. The Morgan fingerprint density at radius 3 is 2.63 bits per heavy atom. The number of rotatable bonds is 7. The Morgan fingerprint density at radius 1 is 1.23 bits per heavy atom. The first-order valence-electron chi connectivity index (χ1n) is 9.31. The summed E-state index contributed by atoms with van der Waals surface area (Å²) in [5.74, 6) is 2.16. The Labute approximate surface area is 184 Å². The number of aromatic nitrogens is 1. The molecule has 30 heavy (non-hydrogen) atoms. The minimum atomic E-state index is -0.210. The first-order valence-corrected chi connectivity index (χ1v) is 10.7. The molecule has 3 aromatic rings. The van der Waals surface area contributed by atoms with Crippen molar-refractivity contribution < 1.29 is 4.74 Å². The van der Waals surface area contributed by atoms with Gasteiger partial charge < -0.3 is 19.8 Å². The molecule has 0 aliphatic heterocycles. The Balaban J connectivity index is 2.17. The summed E-state index contributed by atoms with van der Waals surface area (Å²) in [6, 6.07) is 12.9. The van der Waals surface area contributed by atoms with Crippen molar-refractivity contribution in [2.75, 3.05) is 23.3 Å². The zero-order chi connectivity index (χ0) is 21.7. The molecule has 2 aromatic carbocycles. The zero-order valence-corrected chi connectivity index (χ0v) is 18.6. The van der Waals surface area contributed by atoms with Gasteiger partial charge in [-0.15, -0.1) is 0 Å². The molecule has 0 spiro atoms. The van der Waals surface area contributed by atoms with E-state index in [1.165, 1.54) is 10.8 Å². The van der Waals surface area contributed by atoms with E-state index >= 15 is 0 Å². The Bertz CT molecular complexity index is 1130. The summed E-state index contributed by atoms with van der Waals surface area (Å²) in [6.07, 6.45) is 3.20. The van der Waals surface area contributed by atoms with Crippen molar-refractivity contribution in [1.82, 2.24) is 4.57 Å². The average Bonchev–Trinajstić information content (AvgIpc) is 2.74.